The number of anilines is 1. The Morgan fingerprint density at radius 1 is 1.41 bits per heavy atom. The predicted molar refractivity (Wildman–Crippen MR) is 71.6 cm³/mol. The minimum Gasteiger partial charge on any atom is -0.372 e. The molecule has 1 aromatic rings. The molecule has 0 saturated heterocycles. The van der Waals surface area contributed by atoms with Crippen molar-refractivity contribution in [1.82, 2.24) is 15.1 Å². The first kappa shape index (κ1) is 15.6. The maximum Gasteiger partial charge on any atom is 0.194 e. The number of hydrogen-bond acceptors (Lipinski definition) is 4. The van der Waals surface area contributed by atoms with Gasteiger partial charge in [-0.1, -0.05) is 27.7 Å². The van der Waals surface area contributed by atoms with Gasteiger partial charge in [0.25, 0.3) is 0 Å². The second-order valence-electron chi connectivity index (χ2n) is 3.30. The summed E-state index contributed by atoms with van der Waals surface area (Å²) in [6.45, 7) is 10.3. The van der Waals surface area contributed by atoms with Gasteiger partial charge in [-0.2, -0.15) is 5.10 Å². The molecule has 0 aliphatic heterocycles. The van der Waals surface area contributed by atoms with Crippen molar-refractivity contribution in [2.45, 2.75) is 27.7 Å². The van der Waals surface area contributed by atoms with Gasteiger partial charge < -0.3 is 5.32 Å². The van der Waals surface area contributed by atoms with Crippen LogP contribution in [-0.2, 0) is 0 Å². The van der Waals surface area contributed by atoms with Gasteiger partial charge in [0, 0.05) is 13.1 Å². The fourth-order valence-electron chi connectivity index (χ4n) is 1.33. The highest BCUT2D eigenvalue weighted by Crippen LogP contribution is 2.05. The number of Topliss-reactive ketones (excluding diaryl/α,β-unsaturated/α-hetero) is 1. The van der Waals surface area contributed by atoms with Gasteiger partial charge in [-0.05, 0) is 13.1 Å². The molecule has 1 aromatic heterocycles. The first-order valence-corrected chi connectivity index (χ1v) is 6.20. The lowest BCUT2D eigenvalue weighted by Crippen LogP contribution is -2.29. The van der Waals surface area contributed by atoms with Crippen molar-refractivity contribution in [3.63, 3.8) is 0 Å². The zero-order valence-corrected chi connectivity index (χ0v) is 11.5. The molecule has 0 atom stereocenters. The topological polar surface area (TPSA) is 61.0 Å². The lowest BCUT2D eigenvalue weighted by atomic mass is 10.2. The van der Waals surface area contributed by atoms with E-state index in [0.717, 1.165) is 13.1 Å². The number of aromatic amines is 1. The number of likely N-dealkylation sites (N-methyl/N-ethyl adjacent to an activating group) is 1. The molecule has 0 bridgehead atoms. The zero-order valence-electron chi connectivity index (χ0n) is 11.5. The Hall–Kier alpha value is -1.36. The van der Waals surface area contributed by atoms with Gasteiger partial charge in [0.2, 0.25) is 0 Å². The van der Waals surface area contributed by atoms with Crippen LogP contribution in [0.25, 0.3) is 0 Å². The van der Waals surface area contributed by atoms with E-state index in [1.165, 1.54) is 0 Å². The second kappa shape index (κ2) is 8.75. The first-order valence-electron chi connectivity index (χ1n) is 6.20. The Kier molecular flexibility index (Phi) is 8.05. The normalized spacial score (nSPS) is 9.76. The summed E-state index contributed by atoms with van der Waals surface area (Å²) in [4.78, 5) is 13.8. The highest BCUT2D eigenvalue weighted by molar-refractivity contribution is 5.96. The molecule has 2 N–H and O–H groups in total. The Morgan fingerprint density at radius 2 is 2.00 bits per heavy atom. The molecular formula is C12H24N4O. The summed E-state index contributed by atoms with van der Waals surface area (Å²) in [5, 5.41) is 9.54. The van der Waals surface area contributed by atoms with Crippen molar-refractivity contribution in [2.75, 3.05) is 32.0 Å². The van der Waals surface area contributed by atoms with Crippen LogP contribution in [-0.4, -0.2) is 47.6 Å². The average Bonchev–Trinajstić information content (AvgIpc) is 2.87. The molecule has 17 heavy (non-hydrogen) atoms. The molecule has 0 saturated carbocycles. The third-order valence-electron chi connectivity index (χ3n) is 2.40. The van der Waals surface area contributed by atoms with Crippen molar-refractivity contribution in [1.29, 1.82) is 0 Å². The van der Waals surface area contributed by atoms with E-state index in [1.807, 2.05) is 27.7 Å². The van der Waals surface area contributed by atoms with Gasteiger partial charge in [-0.25, -0.2) is 0 Å². The molecule has 1 heterocycles. The summed E-state index contributed by atoms with van der Waals surface area (Å²) in [6, 6.07) is 1.73. The van der Waals surface area contributed by atoms with Crippen LogP contribution in [0.5, 0.6) is 0 Å². The molecule has 1 rings (SSSR count). The molecule has 5 nitrogen and oxygen atoms in total. The molecule has 0 unspecified atom stereocenters. The SMILES string of the molecule is CC.CCN(CC)CC(=O)c1cc(NC)n[nH]1. The van der Waals surface area contributed by atoms with Crippen LogP contribution in [0.1, 0.15) is 38.2 Å². The summed E-state index contributed by atoms with van der Waals surface area (Å²) in [7, 11) is 1.77. The number of carbonyl (C=O) groups is 1. The number of nitrogens with zero attached hydrogens (tertiary/aromatic N) is 2. The van der Waals surface area contributed by atoms with Crippen molar-refractivity contribution in [3.05, 3.63) is 11.8 Å². The maximum absolute atomic E-state index is 11.8. The first-order chi connectivity index (χ1) is 8.21. The Labute approximate surface area is 104 Å². The average molecular weight is 240 g/mol. The van der Waals surface area contributed by atoms with E-state index in [1.54, 1.807) is 13.1 Å². The van der Waals surface area contributed by atoms with E-state index in [-0.39, 0.29) is 5.78 Å². The largest absolute Gasteiger partial charge is 0.372 e. The van der Waals surface area contributed by atoms with Gasteiger partial charge in [-0.3, -0.25) is 14.8 Å². The third-order valence-corrected chi connectivity index (χ3v) is 2.40. The predicted octanol–water partition coefficient (Wildman–Crippen LogP) is 2.00. The summed E-state index contributed by atoms with van der Waals surface area (Å²) < 4.78 is 0. The molecule has 0 radical (unpaired) electrons. The van der Waals surface area contributed by atoms with Crippen LogP contribution in [0.2, 0.25) is 0 Å². The third kappa shape index (κ3) is 4.99. The number of H-pyrrole nitrogens is 1. The van der Waals surface area contributed by atoms with Crippen LogP contribution < -0.4 is 5.32 Å². The number of ketones is 1. The second-order valence-corrected chi connectivity index (χ2v) is 3.30. The number of rotatable bonds is 6. The lowest BCUT2D eigenvalue weighted by molar-refractivity contribution is 0.0932. The maximum atomic E-state index is 11.8. The molecule has 0 aromatic carbocycles. The molecule has 0 fully saturated rings. The summed E-state index contributed by atoms with van der Waals surface area (Å²) in [6.07, 6.45) is 0. The van der Waals surface area contributed by atoms with Gasteiger partial charge in [0.1, 0.15) is 11.5 Å². The molecule has 0 amide bonds. The molecule has 98 valence electrons. The molecular weight excluding hydrogens is 216 g/mol. The summed E-state index contributed by atoms with van der Waals surface area (Å²) >= 11 is 0. The quantitative estimate of drug-likeness (QED) is 0.747. The van der Waals surface area contributed by atoms with Crippen molar-refractivity contribution in [2.24, 2.45) is 0 Å². The summed E-state index contributed by atoms with van der Waals surface area (Å²) in [5.41, 5.74) is 0.561. The number of carbonyl (C=O) groups excluding carboxylic acids is 1. The standard InChI is InChI=1S/C10H18N4O.C2H6/c1-4-14(5-2)7-9(15)8-6-10(11-3)13-12-8;1-2/h6H,4-5,7H2,1-3H3,(H2,11,12,13);1-2H3. The highest BCUT2D eigenvalue weighted by Gasteiger charge is 2.12. The van der Waals surface area contributed by atoms with E-state index in [9.17, 15) is 4.79 Å². The van der Waals surface area contributed by atoms with Crippen molar-refractivity contribution < 1.29 is 4.79 Å². The fraction of sp³-hybridized carbons (Fsp3) is 0.667. The zero-order chi connectivity index (χ0) is 13.3. The molecule has 0 aliphatic rings. The minimum atomic E-state index is 0.0766. The van der Waals surface area contributed by atoms with E-state index in [0.29, 0.717) is 18.1 Å². The summed E-state index contributed by atoms with van der Waals surface area (Å²) in [5.74, 6) is 0.769. The van der Waals surface area contributed by atoms with Gasteiger partial charge >= 0.3 is 0 Å². The van der Waals surface area contributed by atoms with Gasteiger partial charge in [0.15, 0.2) is 5.78 Å². The highest BCUT2D eigenvalue weighted by atomic mass is 16.1. The smallest absolute Gasteiger partial charge is 0.194 e. The minimum absolute atomic E-state index is 0.0766. The van der Waals surface area contributed by atoms with E-state index in [4.69, 9.17) is 0 Å². The van der Waals surface area contributed by atoms with Gasteiger partial charge in [-0.15, -0.1) is 0 Å². The van der Waals surface area contributed by atoms with Crippen molar-refractivity contribution >= 4 is 11.6 Å². The monoisotopic (exact) mass is 240 g/mol. The molecule has 0 aliphatic carbocycles. The Balaban J connectivity index is 0.00000121. The molecule has 0 spiro atoms. The van der Waals surface area contributed by atoms with Crippen LogP contribution in [0.4, 0.5) is 5.82 Å². The number of hydrogen-bond donors (Lipinski definition) is 2. The van der Waals surface area contributed by atoms with E-state index >= 15 is 0 Å². The number of aromatic nitrogens is 2. The van der Waals surface area contributed by atoms with Gasteiger partial charge in [0.05, 0.1) is 6.54 Å². The molecule has 5 heteroatoms. The Bertz CT molecular complexity index is 318. The van der Waals surface area contributed by atoms with Crippen LogP contribution >= 0.6 is 0 Å². The fourth-order valence-corrected chi connectivity index (χ4v) is 1.33. The van der Waals surface area contributed by atoms with Crippen molar-refractivity contribution in [3.8, 4) is 0 Å². The lowest BCUT2D eigenvalue weighted by Gasteiger charge is -2.15. The van der Waals surface area contributed by atoms with Crippen LogP contribution in [0.3, 0.4) is 0 Å². The van der Waals surface area contributed by atoms with E-state index < -0.39 is 0 Å². The van der Waals surface area contributed by atoms with E-state index in [2.05, 4.69) is 20.4 Å². The Morgan fingerprint density at radius 3 is 2.41 bits per heavy atom. The van der Waals surface area contributed by atoms with Crippen LogP contribution in [0.15, 0.2) is 6.07 Å². The number of nitrogens with one attached hydrogen (secondary N) is 2. The van der Waals surface area contributed by atoms with Crippen LogP contribution in [0, 0.1) is 0 Å².